The number of carbonyl (C=O) groups excluding carboxylic acids is 2. The molecule has 0 bridgehead atoms. The minimum atomic E-state index is -3.98. The summed E-state index contributed by atoms with van der Waals surface area (Å²) in [5.74, 6) is -1.37. The summed E-state index contributed by atoms with van der Waals surface area (Å²) < 4.78 is 30.5. The largest absolute Gasteiger partial charge is 0.368 e. The molecule has 1 aromatic heterocycles. The van der Waals surface area contributed by atoms with Gasteiger partial charge in [0.1, 0.15) is 12.1 Å². The second-order valence-corrected chi connectivity index (χ2v) is 9.81. The Morgan fingerprint density at radius 3 is 2.52 bits per heavy atom. The molecule has 1 fully saturated rings. The predicted octanol–water partition coefficient (Wildman–Crippen LogP) is -0.695. The fourth-order valence-corrected chi connectivity index (χ4v) is 5.07. The first-order chi connectivity index (χ1) is 15.7. The molecule has 0 aliphatic carbocycles. The highest BCUT2D eigenvalue weighted by Crippen LogP contribution is 2.12. The van der Waals surface area contributed by atoms with E-state index in [2.05, 4.69) is 14.7 Å². The molecule has 2 atom stereocenters. The van der Waals surface area contributed by atoms with Gasteiger partial charge in [0.15, 0.2) is 0 Å². The van der Waals surface area contributed by atoms with E-state index in [1.807, 2.05) is 37.4 Å². The Morgan fingerprint density at radius 2 is 1.88 bits per heavy atom. The first-order valence-electron chi connectivity index (χ1n) is 10.8. The molecule has 180 valence electrons. The second-order valence-electron chi connectivity index (χ2n) is 8.11. The maximum Gasteiger partial charge on any atom is 0.280 e. The number of rotatable bonds is 9. The molecular weight excluding hydrogens is 446 g/mol. The standard InChI is InChI=1S/C21H31N7O4S/c1-17(20(22)29)28(27-13-6-10-23-27)21(30)19(16-18-8-4-3-5-9-18)24-33(31,32)26-12-7-11-25(2)14-15-26/h3-6,8-10,13,17,19,24H,7,11-12,14-16H2,1-2H3,(H2,22,29)/t17-,19-/m0/s1. The van der Waals surface area contributed by atoms with Crippen LogP contribution in [0.4, 0.5) is 0 Å². The van der Waals surface area contributed by atoms with E-state index in [1.54, 1.807) is 6.07 Å². The monoisotopic (exact) mass is 477 g/mol. The molecule has 1 aliphatic heterocycles. The van der Waals surface area contributed by atoms with Crippen molar-refractivity contribution >= 4 is 22.0 Å². The summed E-state index contributed by atoms with van der Waals surface area (Å²) in [6.45, 7) is 3.53. The van der Waals surface area contributed by atoms with E-state index >= 15 is 0 Å². The molecule has 3 rings (SSSR count). The summed E-state index contributed by atoms with van der Waals surface area (Å²) in [7, 11) is -2.04. The van der Waals surface area contributed by atoms with Gasteiger partial charge in [0, 0.05) is 25.8 Å². The van der Waals surface area contributed by atoms with Crippen LogP contribution in [-0.2, 0) is 26.2 Å². The lowest BCUT2D eigenvalue weighted by molar-refractivity contribution is -0.127. The maximum absolute atomic E-state index is 13.7. The van der Waals surface area contributed by atoms with Crippen molar-refractivity contribution in [2.45, 2.75) is 31.8 Å². The zero-order chi connectivity index (χ0) is 24.0. The Morgan fingerprint density at radius 1 is 1.15 bits per heavy atom. The third-order valence-corrected chi connectivity index (χ3v) is 7.23. The lowest BCUT2D eigenvalue weighted by Crippen LogP contribution is -2.60. The van der Waals surface area contributed by atoms with Gasteiger partial charge in [-0.15, -0.1) is 0 Å². The van der Waals surface area contributed by atoms with Crippen molar-refractivity contribution in [2.24, 2.45) is 5.73 Å². The van der Waals surface area contributed by atoms with Crippen LogP contribution in [-0.4, -0.2) is 84.6 Å². The molecule has 12 heteroatoms. The average molecular weight is 478 g/mol. The van der Waals surface area contributed by atoms with Gasteiger partial charge < -0.3 is 10.6 Å². The Kier molecular flexibility index (Phi) is 8.19. The van der Waals surface area contributed by atoms with Crippen molar-refractivity contribution in [3.63, 3.8) is 0 Å². The molecule has 3 N–H and O–H groups in total. The molecule has 2 heterocycles. The molecule has 1 saturated heterocycles. The summed E-state index contributed by atoms with van der Waals surface area (Å²) in [4.78, 5) is 28.9. The summed E-state index contributed by atoms with van der Waals surface area (Å²) in [5.41, 5.74) is 6.25. The number of hydrogen-bond donors (Lipinski definition) is 2. The van der Waals surface area contributed by atoms with Crippen molar-refractivity contribution < 1.29 is 18.0 Å². The maximum atomic E-state index is 13.7. The number of benzene rings is 1. The molecule has 33 heavy (non-hydrogen) atoms. The number of likely N-dealkylation sites (N-methyl/N-ethyl adjacent to an activating group) is 1. The predicted molar refractivity (Wildman–Crippen MR) is 124 cm³/mol. The first kappa shape index (κ1) is 24.8. The summed E-state index contributed by atoms with van der Waals surface area (Å²) in [5, 5.41) is 5.14. The fourth-order valence-electron chi connectivity index (χ4n) is 3.68. The Balaban J connectivity index is 1.92. The van der Waals surface area contributed by atoms with Gasteiger partial charge in [-0.25, -0.2) is 5.01 Å². The molecule has 0 saturated carbocycles. The van der Waals surface area contributed by atoms with Gasteiger partial charge in [-0.2, -0.15) is 27.3 Å². The van der Waals surface area contributed by atoms with Gasteiger partial charge in [-0.05, 0) is 45.0 Å². The van der Waals surface area contributed by atoms with Crippen LogP contribution in [0.1, 0.15) is 18.9 Å². The minimum absolute atomic E-state index is 0.0932. The Bertz CT molecular complexity index is 1030. The van der Waals surface area contributed by atoms with E-state index in [4.69, 9.17) is 5.73 Å². The quantitative estimate of drug-likeness (QED) is 0.491. The van der Waals surface area contributed by atoms with E-state index < -0.39 is 34.1 Å². The van der Waals surface area contributed by atoms with Crippen LogP contribution < -0.4 is 15.5 Å². The van der Waals surface area contributed by atoms with Crippen LogP contribution in [0.2, 0.25) is 0 Å². The van der Waals surface area contributed by atoms with E-state index in [-0.39, 0.29) is 6.42 Å². The van der Waals surface area contributed by atoms with Crippen LogP contribution in [0.3, 0.4) is 0 Å². The van der Waals surface area contributed by atoms with Crippen LogP contribution in [0.25, 0.3) is 0 Å². The Labute approximate surface area is 194 Å². The summed E-state index contributed by atoms with van der Waals surface area (Å²) in [6.07, 6.45) is 3.73. The molecule has 0 spiro atoms. The van der Waals surface area contributed by atoms with Crippen molar-refractivity contribution in [3.8, 4) is 0 Å². The van der Waals surface area contributed by atoms with E-state index in [0.29, 0.717) is 26.1 Å². The molecule has 2 amide bonds. The molecule has 2 aromatic rings. The number of nitrogens with zero attached hydrogens (tertiary/aromatic N) is 5. The highest BCUT2D eigenvalue weighted by molar-refractivity contribution is 7.87. The number of hydrogen-bond acceptors (Lipinski definition) is 6. The zero-order valence-electron chi connectivity index (χ0n) is 18.9. The first-order valence-corrected chi connectivity index (χ1v) is 12.2. The van der Waals surface area contributed by atoms with E-state index in [1.165, 1.54) is 28.4 Å². The third kappa shape index (κ3) is 6.38. The van der Waals surface area contributed by atoms with Gasteiger partial charge in [0.25, 0.3) is 16.1 Å². The Hall–Kier alpha value is -2.80. The number of amides is 2. The summed E-state index contributed by atoms with van der Waals surface area (Å²) >= 11 is 0. The average Bonchev–Trinajstić information content (AvgIpc) is 3.20. The number of aromatic nitrogens is 2. The van der Waals surface area contributed by atoms with Crippen LogP contribution >= 0.6 is 0 Å². The van der Waals surface area contributed by atoms with Gasteiger partial charge in [-0.1, -0.05) is 30.3 Å². The molecule has 0 radical (unpaired) electrons. The third-order valence-electron chi connectivity index (χ3n) is 5.61. The molecule has 11 nitrogen and oxygen atoms in total. The minimum Gasteiger partial charge on any atom is -0.368 e. The van der Waals surface area contributed by atoms with E-state index in [0.717, 1.165) is 17.1 Å². The molecular formula is C21H31N7O4S. The lowest BCUT2D eigenvalue weighted by atomic mass is 10.1. The van der Waals surface area contributed by atoms with Crippen LogP contribution in [0.15, 0.2) is 48.8 Å². The van der Waals surface area contributed by atoms with Crippen molar-refractivity contribution in [1.82, 2.24) is 23.8 Å². The number of nitrogens with two attached hydrogens (primary N) is 1. The number of primary amides is 1. The van der Waals surface area contributed by atoms with Gasteiger partial charge in [0.05, 0.1) is 6.20 Å². The number of nitrogens with one attached hydrogen (secondary N) is 1. The number of carbonyl (C=O) groups is 2. The van der Waals surface area contributed by atoms with Gasteiger partial charge >= 0.3 is 0 Å². The van der Waals surface area contributed by atoms with E-state index in [9.17, 15) is 18.0 Å². The van der Waals surface area contributed by atoms with Crippen LogP contribution in [0.5, 0.6) is 0 Å². The SMILES string of the molecule is C[C@@H](C(N)=O)N(C(=O)[C@H](Cc1ccccc1)NS(=O)(=O)N1CCCN(C)CC1)n1cccn1. The van der Waals surface area contributed by atoms with Crippen molar-refractivity contribution in [1.29, 1.82) is 0 Å². The molecule has 0 unspecified atom stereocenters. The molecule has 1 aliphatic rings. The summed E-state index contributed by atoms with van der Waals surface area (Å²) in [6, 6.07) is 8.45. The normalized spacial score (nSPS) is 17.8. The van der Waals surface area contributed by atoms with Gasteiger partial charge in [-0.3, -0.25) is 9.59 Å². The fraction of sp³-hybridized carbons (Fsp3) is 0.476. The second kappa shape index (κ2) is 10.9. The van der Waals surface area contributed by atoms with Crippen molar-refractivity contribution in [2.75, 3.05) is 38.2 Å². The highest BCUT2D eigenvalue weighted by Gasteiger charge is 2.36. The lowest BCUT2D eigenvalue weighted by Gasteiger charge is -2.31. The topological polar surface area (TPSA) is 134 Å². The van der Waals surface area contributed by atoms with Gasteiger partial charge in [0.2, 0.25) is 5.91 Å². The van der Waals surface area contributed by atoms with Crippen molar-refractivity contribution in [3.05, 3.63) is 54.4 Å². The molecule has 1 aromatic carbocycles. The highest BCUT2D eigenvalue weighted by atomic mass is 32.2. The van der Waals surface area contributed by atoms with Crippen LogP contribution in [0, 0.1) is 0 Å². The zero-order valence-corrected chi connectivity index (χ0v) is 19.7. The smallest absolute Gasteiger partial charge is 0.280 e.